The molecule has 3 rings (SSSR count). The molecule has 0 bridgehead atoms. The molecule has 0 aliphatic heterocycles. The van der Waals surface area contributed by atoms with E-state index in [0.29, 0.717) is 11.6 Å². The van der Waals surface area contributed by atoms with Gasteiger partial charge in [-0.25, -0.2) is 9.37 Å². The van der Waals surface area contributed by atoms with Gasteiger partial charge in [0, 0.05) is 19.4 Å². The summed E-state index contributed by atoms with van der Waals surface area (Å²) in [5.41, 5.74) is 1.86. The lowest BCUT2D eigenvalue weighted by molar-refractivity contribution is -0.123. The summed E-state index contributed by atoms with van der Waals surface area (Å²) in [7, 11) is 1.84. The molecule has 3 aromatic rings. The van der Waals surface area contributed by atoms with Crippen molar-refractivity contribution in [2.75, 3.05) is 6.61 Å². The Morgan fingerprint density at radius 3 is 2.50 bits per heavy atom. The highest BCUT2D eigenvalue weighted by Gasteiger charge is 2.21. The Hall–Kier alpha value is -3.15. The average Bonchev–Trinajstić information content (AvgIpc) is 3.06. The van der Waals surface area contributed by atoms with Crippen LogP contribution in [0.25, 0.3) is 0 Å². The van der Waals surface area contributed by atoms with E-state index < -0.39 is 6.04 Å². The van der Waals surface area contributed by atoms with E-state index in [-0.39, 0.29) is 18.3 Å². The van der Waals surface area contributed by atoms with Crippen LogP contribution >= 0.6 is 0 Å². The Morgan fingerprint density at radius 1 is 1.19 bits per heavy atom. The molecule has 1 N–H and O–H groups in total. The summed E-state index contributed by atoms with van der Waals surface area (Å²) < 4.78 is 20.6. The molecule has 5 nitrogen and oxygen atoms in total. The minimum Gasteiger partial charge on any atom is -0.484 e. The summed E-state index contributed by atoms with van der Waals surface area (Å²) in [5, 5.41) is 2.91. The third-order valence-corrected chi connectivity index (χ3v) is 4.02. The fourth-order valence-corrected chi connectivity index (χ4v) is 2.59. The van der Waals surface area contributed by atoms with Gasteiger partial charge in [-0.05, 0) is 36.8 Å². The van der Waals surface area contributed by atoms with E-state index in [1.807, 2.05) is 42.8 Å². The van der Waals surface area contributed by atoms with Gasteiger partial charge < -0.3 is 14.6 Å². The van der Waals surface area contributed by atoms with E-state index in [2.05, 4.69) is 10.3 Å². The summed E-state index contributed by atoms with van der Waals surface area (Å²) >= 11 is 0. The van der Waals surface area contributed by atoms with Gasteiger partial charge in [-0.15, -0.1) is 0 Å². The topological polar surface area (TPSA) is 56.1 Å². The summed E-state index contributed by atoms with van der Waals surface area (Å²) in [6.07, 6.45) is 3.45. The van der Waals surface area contributed by atoms with Crippen molar-refractivity contribution in [3.63, 3.8) is 0 Å². The van der Waals surface area contributed by atoms with Crippen LogP contribution in [-0.2, 0) is 11.8 Å². The van der Waals surface area contributed by atoms with E-state index in [1.165, 1.54) is 12.1 Å². The zero-order chi connectivity index (χ0) is 18.5. The van der Waals surface area contributed by atoms with Crippen LogP contribution in [0.5, 0.6) is 5.75 Å². The minimum atomic E-state index is -0.496. The third-order valence-electron chi connectivity index (χ3n) is 4.02. The monoisotopic (exact) mass is 353 g/mol. The van der Waals surface area contributed by atoms with E-state index >= 15 is 0 Å². The molecule has 0 aliphatic rings. The molecule has 1 heterocycles. The number of carbonyl (C=O) groups is 1. The number of aryl methyl sites for hydroxylation is 2. The highest BCUT2D eigenvalue weighted by atomic mass is 19.1. The number of nitrogens with one attached hydrogen (secondary N) is 1. The summed E-state index contributed by atoms with van der Waals surface area (Å²) in [4.78, 5) is 16.7. The molecule has 1 amide bonds. The second-order valence-corrected chi connectivity index (χ2v) is 6.05. The summed E-state index contributed by atoms with van der Waals surface area (Å²) in [6.45, 7) is 1.86. The maximum Gasteiger partial charge on any atom is 0.258 e. The first-order chi connectivity index (χ1) is 12.5. The maximum absolute atomic E-state index is 13.2. The van der Waals surface area contributed by atoms with Crippen LogP contribution in [0.2, 0.25) is 0 Å². The number of carbonyl (C=O) groups excluding carboxylic acids is 1. The first-order valence-corrected chi connectivity index (χ1v) is 8.24. The molecule has 0 aliphatic carbocycles. The number of imidazole rings is 1. The molecular formula is C20H20FN3O2. The fourth-order valence-electron chi connectivity index (χ4n) is 2.59. The molecule has 6 heteroatoms. The number of hydrogen-bond donors (Lipinski definition) is 1. The van der Waals surface area contributed by atoms with Gasteiger partial charge in [-0.1, -0.05) is 29.8 Å². The van der Waals surface area contributed by atoms with E-state index in [9.17, 15) is 9.18 Å². The molecule has 0 spiro atoms. The van der Waals surface area contributed by atoms with E-state index in [4.69, 9.17) is 4.74 Å². The van der Waals surface area contributed by atoms with Crippen LogP contribution in [0.15, 0.2) is 60.9 Å². The van der Waals surface area contributed by atoms with Gasteiger partial charge in [0.1, 0.15) is 23.4 Å². The lowest BCUT2D eigenvalue weighted by Crippen LogP contribution is -2.34. The molecular weight excluding hydrogens is 333 g/mol. The van der Waals surface area contributed by atoms with Crippen molar-refractivity contribution >= 4 is 5.91 Å². The van der Waals surface area contributed by atoms with Crippen LogP contribution in [-0.4, -0.2) is 22.1 Å². The van der Waals surface area contributed by atoms with Crippen LogP contribution < -0.4 is 10.1 Å². The molecule has 134 valence electrons. The lowest BCUT2D eigenvalue weighted by Gasteiger charge is -2.19. The van der Waals surface area contributed by atoms with Gasteiger partial charge in [0.15, 0.2) is 6.61 Å². The minimum absolute atomic E-state index is 0.120. The first kappa shape index (κ1) is 17.7. The number of hydrogen-bond acceptors (Lipinski definition) is 3. The standard InChI is InChI=1S/C20H20FN3O2/c1-14-3-9-17(10-4-14)26-13-18(25)23-19(20-22-11-12-24(20)2)15-5-7-16(21)8-6-15/h3-12,19H,13H2,1-2H3,(H,23,25)/t19-/m1/s1. The maximum atomic E-state index is 13.2. The average molecular weight is 353 g/mol. The van der Waals surface area contributed by atoms with Crippen molar-refractivity contribution < 1.29 is 13.9 Å². The van der Waals surface area contributed by atoms with E-state index in [0.717, 1.165) is 11.1 Å². The Balaban J connectivity index is 1.73. The summed E-state index contributed by atoms with van der Waals surface area (Å²) in [6, 6.07) is 13.0. The van der Waals surface area contributed by atoms with E-state index in [1.54, 1.807) is 24.5 Å². The zero-order valence-electron chi connectivity index (χ0n) is 14.6. The Morgan fingerprint density at radius 2 is 1.88 bits per heavy atom. The van der Waals surface area contributed by atoms with Crippen LogP contribution in [0, 0.1) is 12.7 Å². The first-order valence-electron chi connectivity index (χ1n) is 8.24. The lowest BCUT2D eigenvalue weighted by atomic mass is 10.1. The Labute approximate surface area is 151 Å². The molecule has 0 saturated heterocycles. The summed E-state index contributed by atoms with van der Waals surface area (Å²) in [5.74, 6) is 0.658. The van der Waals surface area contributed by atoms with Crippen molar-refractivity contribution in [3.05, 3.63) is 83.7 Å². The van der Waals surface area contributed by atoms with Crippen molar-refractivity contribution in [2.45, 2.75) is 13.0 Å². The SMILES string of the molecule is Cc1ccc(OCC(=O)N[C@H](c2ccc(F)cc2)c2nccn2C)cc1. The van der Waals surface area contributed by atoms with Gasteiger partial charge in [0.25, 0.3) is 5.91 Å². The van der Waals surface area contributed by atoms with Gasteiger partial charge >= 0.3 is 0 Å². The smallest absolute Gasteiger partial charge is 0.258 e. The molecule has 0 saturated carbocycles. The second-order valence-electron chi connectivity index (χ2n) is 6.05. The Bertz CT molecular complexity index is 873. The Kier molecular flexibility index (Phi) is 5.31. The molecule has 1 aromatic heterocycles. The molecule has 26 heavy (non-hydrogen) atoms. The molecule has 0 fully saturated rings. The molecule has 0 unspecified atom stereocenters. The van der Waals surface area contributed by atoms with Crippen LogP contribution in [0.3, 0.4) is 0 Å². The van der Waals surface area contributed by atoms with Crippen molar-refractivity contribution in [2.24, 2.45) is 7.05 Å². The fraction of sp³-hybridized carbons (Fsp3) is 0.200. The van der Waals surface area contributed by atoms with Crippen molar-refractivity contribution in [1.29, 1.82) is 0 Å². The van der Waals surface area contributed by atoms with Crippen molar-refractivity contribution in [1.82, 2.24) is 14.9 Å². The largest absolute Gasteiger partial charge is 0.484 e. The highest BCUT2D eigenvalue weighted by Crippen LogP contribution is 2.21. The molecule has 2 aromatic carbocycles. The third kappa shape index (κ3) is 4.27. The van der Waals surface area contributed by atoms with Gasteiger partial charge in [0.2, 0.25) is 0 Å². The van der Waals surface area contributed by atoms with Gasteiger partial charge in [-0.2, -0.15) is 0 Å². The normalized spacial score (nSPS) is 11.8. The van der Waals surface area contributed by atoms with Crippen LogP contribution in [0.1, 0.15) is 23.0 Å². The number of nitrogens with zero attached hydrogens (tertiary/aromatic N) is 2. The number of rotatable bonds is 6. The second kappa shape index (κ2) is 7.82. The zero-order valence-corrected chi connectivity index (χ0v) is 14.6. The van der Waals surface area contributed by atoms with Crippen LogP contribution in [0.4, 0.5) is 4.39 Å². The van der Waals surface area contributed by atoms with Gasteiger partial charge in [-0.3, -0.25) is 4.79 Å². The number of amides is 1. The number of aromatic nitrogens is 2. The predicted octanol–water partition coefficient (Wildman–Crippen LogP) is 3.15. The number of halogens is 1. The van der Waals surface area contributed by atoms with Gasteiger partial charge in [0.05, 0.1) is 0 Å². The number of ether oxygens (including phenoxy) is 1. The quantitative estimate of drug-likeness (QED) is 0.741. The predicted molar refractivity (Wildman–Crippen MR) is 96.3 cm³/mol. The molecule has 0 radical (unpaired) electrons. The highest BCUT2D eigenvalue weighted by molar-refractivity contribution is 5.78. The molecule has 1 atom stereocenters. The number of benzene rings is 2. The van der Waals surface area contributed by atoms with Crippen molar-refractivity contribution in [3.8, 4) is 5.75 Å².